The normalized spacial score (nSPS) is 13.6. The molecule has 3 aromatic rings. The van der Waals surface area contributed by atoms with Crippen molar-refractivity contribution in [3.63, 3.8) is 0 Å². The summed E-state index contributed by atoms with van der Waals surface area (Å²) in [4.78, 5) is 12.6. The lowest BCUT2D eigenvalue weighted by Gasteiger charge is -2.09. The maximum absolute atomic E-state index is 12.6. The highest BCUT2D eigenvalue weighted by atomic mass is 16.5. The van der Waals surface area contributed by atoms with Gasteiger partial charge in [-0.1, -0.05) is 24.3 Å². The minimum Gasteiger partial charge on any atom is -0.491 e. The Morgan fingerprint density at radius 3 is 2.41 bits per heavy atom. The summed E-state index contributed by atoms with van der Waals surface area (Å²) in [6.07, 6.45) is 1.72. The van der Waals surface area contributed by atoms with Gasteiger partial charge in [0, 0.05) is 12.0 Å². The number of nitrogens with zero attached hydrogens (tertiary/aromatic N) is 1. The second-order valence-corrected chi connectivity index (χ2v) is 7.22. The zero-order valence-electron chi connectivity index (χ0n) is 15.5. The molecule has 1 amide bonds. The molecule has 1 aromatic heterocycles. The first-order valence-electron chi connectivity index (χ1n) is 9.28. The van der Waals surface area contributed by atoms with Gasteiger partial charge in [-0.25, -0.2) is 0 Å². The topological polar surface area (TPSA) is 67.0 Å². The van der Waals surface area contributed by atoms with E-state index in [1.807, 2.05) is 56.3 Å². The van der Waals surface area contributed by atoms with Crippen LogP contribution in [-0.4, -0.2) is 22.2 Å². The van der Waals surface area contributed by atoms with E-state index in [9.17, 15) is 4.79 Å². The van der Waals surface area contributed by atoms with Crippen LogP contribution < -0.4 is 10.1 Å². The fourth-order valence-electron chi connectivity index (χ4n) is 3.49. The van der Waals surface area contributed by atoms with Crippen LogP contribution in [0.15, 0.2) is 54.6 Å². The lowest BCUT2D eigenvalue weighted by Crippen LogP contribution is -2.23. The third-order valence-corrected chi connectivity index (χ3v) is 4.79. The summed E-state index contributed by atoms with van der Waals surface area (Å²) in [5, 5.41) is 10.2. The summed E-state index contributed by atoms with van der Waals surface area (Å²) in [6.45, 7) is 4.00. The highest BCUT2D eigenvalue weighted by Gasteiger charge is 2.27. The van der Waals surface area contributed by atoms with Crippen molar-refractivity contribution in [1.29, 1.82) is 0 Å². The average molecular weight is 361 g/mol. The van der Waals surface area contributed by atoms with Crippen molar-refractivity contribution in [2.75, 3.05) is 5.32 Å². The fraction of sp³-hybridized carbons (Fsp3) is 0.273. The molecule has 4 rings (SSSR count). The number of carbonyl (C=O) groups is 1. The number of rotatable bonds is 5. The second kappa shape index (κ2) is 7.27. The minimum absolute atomic E-state index is 0.0185. The number of H-pyrrole nitrogens is 1. The molecular formula is C22H23N3O2. The lowest BCUT2D eigenvalue weighted by molar-refractivity contribution is -0.119. The molecule has 0 aliphatic heterocycles. The van der Waals surface area contributed by atoms with E-state index in [-0.39, 0.29) is 17.9 Å². The number of aromatic nitrogens is 2. The standard InChI is InChI=1S/C22H23N3O2/c1-14(2)27-19-9-7-15(8-10-19)20-13-21(25-24-20)23-22(26)18-11-16-5-3-4-6-17(16)12-18/h3-10,13-14,18H,11-12H2,1-2H3,(H2,23,24,25,26). The van der Waals surface area contributed by atoms with Crippen molar-refractivity contribution in [1.82, 2.24) is 10.2 Å². The maximum atomic E-state index is 12.6. The Bertz CT molecular complexity index is 919. The average Bonchev–Trinajstić information content (AvgIpc) is 3.28. The molecule has 0 radical (unpaired) electrons. The summed E-state index contributed by atoms with van der Waals surface area (Å²) >= 11 is 0. The minimum atomic E-state index is -0.0324. The number of nitrogens with one attached hydrogen (secondary N) is 2. The molecule has 2 N–H and O–H groups in total. The number of ether oxygens (including phenoxy) is 1. The van der Waals surface area contributed by atoms with Crippen LogP contribution in [-0.2, 0) is 17.6 Å². The Labute approximate surface area is 158 Å². The van der Waals surface area contributed by atoms with Gasteiger partial charge >= 0.3 is 0 Å². The zero-order valence-corrected chi connectivity index (χ0v) is 15.5. The van der Waals surface area contributed by atoms with Crippen LogP contribution in [0.5, 0.6) is 5.75 Å². The van der Waals surface area contributed by atoms with E-state index < -0.39 is 0 Å². The predicted octanol–water partition coefficient (Wildman–Crippen LogP) is 4.22. The van der Waals surface area contributed by atoms with E-state index in [0.29, 0.717) is 5.82 Å². The van der Waals surface area contributed by atoms with E-state index >= 15 is 0 Å². The highest BCUT2D eigenvalue weighted by molar-refractivity contribution is 5.93. The van der Waals surface area contributed by atoms with Gasteiger partial charge in [-0.2, -0.15) is 5.10 Å². The van der Waals surface area contributed by atoms with Gasteiger partial charge in [0.15, 0.2) is 5.82 Å². The number of aromatic amines is 1. The number of fused-ring (bicyclic) bond motifs is 1. The van der Waals surface area contributed by atoms with Crippen LogP contribution in [0.2, 0.25) is 0 Å². The third-order valence-electron chi connectivity index (χ3n) is 4.79. The largest absolute Gasteiger partial charge is 0.491 e. The molecule has 1 heterocycles. The molecule has 0 bridgehead atoms. The van der Waals surface area contributed by atoms with Gasteiger partial charge < -0.3 is 10.1 Å². The van der Waals surface area contributed by atoms with Gasteiger partial charge in [0.2, 0.25) is 5.91 Å². The first-order chi connectivity index (χ1) is 13.1. The van der Waals surface area contributed by atoms with Gasteiger partial charge in [-0.15, -0.1) is 0 Å². The van der Waals surface area contributed by atoms with Crippen LogP contribution in [0.4, 0.5) is 5.82 Å². The molecular weight excluding hydrogens is 338 g/mol. The van der Waals surface area contributed by atoms with Gasteiger partial charge in [0.25, 0.3) is 0 Å². The Kier molecular flexibility index (Phi) is 4.67. The van der Waals surface area contributed by atoms with Gasteiger partial charge in [0.1, 0.15) is 5.75 Å². The molecule has 1 aliphatic rings. The van der Waals surface area contributed by atoms with Crippen molar-refractivity contribution in [2.24, 2.45) is 5.92 Å². The van der Waals surface area contributed by atoms with Crippen molar-refractivity contribution in [3.8, 4) is 17.0 Å². The summed E-state index contributed by atoms with van der Waals surface area (Å²) in [7, 11) is 0. The molecule has 0 saturated heterocycles. The molecule has 0 atom stereocenters. The third kappa shape index (κ3) is 3.87. The van der Waals surface area contributed by atoms with Crippen molar-refractivity contribution >= 4 is 11.7 Å². The fourth-order valence-corrected chi connectivity index (χ4v) is 3.49. The summed E-state index contributed by atoms with van der Waals surface area (Å²) < 4.78 is 5.66. The van der Waals surface area contributed by atoms with Crippen molar-refractivity contribution < 1.29 is 9.53 Å². The number of anilines is 1. The Morgan fingerprint density at radius 2 is 1.78 bits per heavy atom. The molecule has 0 fully saturated rings. The molecule has 27 heavy (non-hydrogen) atoms. The SMILES string of the molecule is CC(C)Oc1ccc(-c2cc(NC(=O)C3Cc4ccccc4C3)n[nH]2)cc1. The van der Waals surface area contributed by atoms with Gasteiger partial charge in [0.05, 0.1) is 11.8 Å². The van der Waals surface area contributed by atoms with E-state index in [2.05, 4.69) is 27.6 Å². The Morgan fingerprint density at radius 1 is 1.11 bits per heavy atom. The molecule has 5 heteroatoms. The first-order valence-corrected chi connectivity index (χ1v) is 9.28. The monoisotopic (exact) mass is 361 g/mol. The second-order valence-electron chi connectivity index (χ2n) is 7.22. The first kappa shape index (κ1) is 17.3. The van der Waals surface area contributed by atoms with Crippen molar-refractivity contribution in [3.05, 3.63) is 65.7 Å². The summed E-state index contributed by atoms with van der Waals surface area (Å²) in [5.74, 6) is 1.37. The number of carbonyl (C=O) groups excluding carboxylic acids is 1. The van der Waals surface area contributed by atoms with Crippen LogP contribution in [0.25, 0.3) is 11.3 Å². The van der Waals surface area contributed by atoms with Crippen molar-refractivity contribution in [2.45, 2.75) is 32.8 Å². The lowest BCUT2D eigenvalue weighted by atomic mass is 10.1. The number of hydrogen-bond donors (Lipinski definition) is 2. The molecule has 0 saturated carbocycles. The molecule has 2 aromatic carbocycles. The molecule has 0 spiro atoms. The van der Waals surface area contributed by atoms with E-state index in [0.717, 1.165) is 29.8 Å². The zero-order chi connectivity index (χ0) is 18.8. The summed E-state index contributed by atoms with van der Waals surface area (Å²) in [5.41, 5.74) is 4.39. The Balaban J connectivity index is 1.40. The van der Waals surface area contributed by atoms with Gasteiger partial charge in [-0.05, 0) is 67.6 Å². The number of benzene rings is 2. The highest BCUT2D eigenvalue weighted by Crippen LogP contribution is 2.28. The van der Waals surface area contributed by atoms with Crippen LogP contribution in [0.1, 0.15) is 25.0 Å². The van der Waals surface area contributed by atoms with Crippen LogP contribution >= 0.6 is 0 Å². The van der Waals surface area contributed by atoms with Crippen LogP contribution in [0.3, 0.4) is 0 Å². The number of hydrogen-bond acceptors (Lipinski definition) is 3. The quantitative estimate of drug-likeness (QED) is 0.715. The molecule has 0 unspecified atom stereocenters. The molecule has 1 aliphatic carbocycles. The van der Waals surface area contributed by atoms with E-state index in [1.54, 1.807) is 0 Å². The predicted molar refractivity (Wildman–Crippen MR) is 106 cm³/mol. The van der Waals surface area contributed by atoms with Gasteiger partial charge in [-0.3, -0.25) is 9.89 Å². The van der Waals surface area contributed by atoms with E-state index in [4.69, 9.17) is 4.74 Å². The molecule has 5 nitrogen and oxygen atoms in total. The summed E-state index contributed by atoms with van der Waals surface area (Å²) in [6, 6.07) is 17.9. The van der Waals surface area contributed by atoms with E-state index in [1.165, 1.54) is 11.1 Å². The molecule has 138 valence electrons. The Hall–Kier alpha value is -3.08. The maximum Gasteiger partial charge on any atom is 0.229 e. The number of amides is 1. The van der Waals surface area contributed by atoms with Crippen LogP contribution in [0, 0.1) is 5.92 Å². The smallest absolute Gasteiger partial charge is 0.229 e.